The summed E-state index contributed by atoms with van der Waals surface area (Å²) in [6.07, 6.45) is 1.66. The van der Waals surface area contributed by atoms with Crippen molar-refractivity contribution in [2.24, 2.45) is 0 Å². The average molecular weight is 260 g/mol. The predicted octanol–water partition coefficient (Wildman–Crippen LogP) is 2.02. The lowest BCUT2D eigenvalue weighted by atomic mass is 10.2. The number of aromatic nitrogens is 1. The number of hydrogen-bond donors (Lipinski definition) is 1. The summed E-state index contributed by atoms with van der Waals surface area (Å²) in [6.45, 7) is 0.379. The average Bonchev–Trinajstić information content (AvgIpc) is 2.84. The van der Waals surface area contributed by atoms with E-state index in [-0.39, 0.29) is 0 Å². The summed E-state index contributed by atoms with van der Waals surface area (Å²) in [4.78, 5) is 4.50. The summed E-state index contributed by atoms with van der Waals surface area (Å²) in [5.74, 6) is 0.669. The van der Waals surface area contributed by atoms with E-state index in [9.17, 15) is 8.42 Å². The van der Waals surface area contributed by atoms with Crippen molar-refractivity contribution in [1.29, 1.82) is 0 Å². The van der Waals surface area contributed by atoms with E-state index in [1.54, 1.807) is 42.6 Å². The van der Waals surface area contributed by atoms with Crippen LogP contribution in [0, 0.1) is 0 Å². The van der Waals surface area contributed by atoms with E-state index in [0.717, 1.165) is 5.56 Å². The van der Waals surface area contributed by atoms with E-state index in [1.807, 2.05) is 6.07 Å². The van der Waals surface area contributed by atoms with Crippen LogP contribution in [0.2, 0.25) is 0 Å². The first-order valence-corrected chi connectivity index (χ1v) is 7.22. The zero-order valence-electron chi connectivity index (χ0n) is 9.58. The molecule has 1 aliphatic heterocycles. The largest absolute Gasteiger partial charge is 0.368 e. The van der Waals surface area contributed by atoms with Gasteiger partial charge in [0, 0.05) is 18.3 Å². The van der Waals surface area contributed by atoms with Crippen LogP contribution >= 0.6 is 0 Å². The van der Waals surface area contributed by atoms with Crippen LogP contribution in [-0.4, -0.2) is 19.9 Å². The Morgan fingerprint density at radius 1 is 1.11 bits per heavy atom. The highest BCUT2D eigenvalue weighted by Gasteiger charge is 2.35. The van der Waals surface area contributed by atoms with Crippen LogP contribution in [0.4, 0.5) is 5.82 Å². The van der Waals surface area contributed by atoms with Gasteiger partial charge >= 0.3 is 0 Å². The number of rotatable bonds is 2. The maximum Gasteiger partial charge on any atom is 0.187 e. The van der Waals surface area contributed by atoms with E-state index in [2.05, 4.69) is 10.3 Å². The number of benzene rings is 1. The van der Waals surface area contributed by atoms with E-state index in [0.29, 0.717) is 17.3 Å². The molecule has 0 saturated heterocycles. The second-order valence-corrected chi connectivity index (χ2v) is 6.30. The molecule has 1 aliphatic rings. The van der Waals surface area contributed by atoms with Gasteiger partial charge in [0.1, 0.15) is 11.1 Å². The van der Waals surface area contributed by atoms with Gasteiger partial charge < -0.3 is 5.32 Å². The molecule has 0 fully saturated rings. The van der Waals surface area contributed by atoms with Crippen LogP contribution in [0.15, 0.2) is 53.6 Å². The second-order valence-electron chi connectivity index (χ2n) is 4.17. The number of fused-ring (bicyclic) bond motifs is 1. The quantitative estimate of drug-likeness (QED) is 0.897. The Labute approximate surface area is 106 Å². The van der Waals surface area contributed by atoms with Crippen molar-refractivity contribution in [2.45, 2.75) is 10.1 Å². The van der Waals surface area contributed by atoms with Crippen LogP contribution in [0.5, 0.6) is 0 Å². The van der Waals surface area contributed by atoms with Gasteiger partial charge in [-0.05, 0) is 18.2 Å². The van der Waals surface area contributed by atoms with Crippen molar-refractivity contribution in [1.82, 2.24) is 4.98 Å². The Hall–Kier alpha value is -1.88. The number of pyridine rings is 1. The van der Waals surface area contributed by atoms with E-state index in [1.165, 1.54) is 0 Å². The van der Waals surface area contributed by atoms with Gasteiger partial charge in [-0.1, -0.05) is 24.3 Å². The molecular formula is C13H12N2O2S. The van der Waals surface area contributed by atoms with E-state index >= 15 is 0 Å². The summed E-state index contributed by atoms with van der Waals surface area (Å²) in [5, 5.41) is 2.48. The fourth-order valence-corrected chi connectivity index (χ4v) is 3.87. The third-order valence-corrected chi connectivity index (χ3v) is 5.19. The molecule has 1 atom stereocenters. The Kier molecular flexibility index (Phi) is 2.56. The standard InChI is InChI=1S/C13H12N2O2S/c16-18(17,10-5-2-1-3-6-10)12-9-15-13-11(12)7-4-8-14-13/h1-8,12H,9H2,(H,14,15). The number of hydrogen-bond acceptors (Lipinski definition) is 4. The number of sulfone groups is 1. The summed E-state index contributed by atoms with van der Waals surface area (Å²) >= 11 is 0. The SMILES string of the molecule is O=S(=O)(c1ccccc1)C1CNc2ncccc21. The molecule has 0 radical (unpaired) electrons. The molecule has 2 aromatic rings. The zero-order valence-corrected chi connectivity index (χ0v) is 10.4. The minimum atomic E-state index is -3.35. The first-order chi connectivity index (χ1) is 8.69. The van der Waals surface area contributed by atoms with Crippen molar-refractivity contribution in [3.05, 3.63) is 54.2 Å². The molecule has 0 bridgehead atoms. The molecule has 2 heterocycles. The Bertz CT molecular complexity index is 668. The van der Waals surface area contributed by atoms with Gasteiger partial charge in [-0.25, -0.2) is 13.4 Å². The molecule has 0 aliphatic carbocycles. The molecule has 1 aromatic carbocycles. The topological polar surface area (TPSA) is 59.1 Å². The van der Waals surface area contributed by atoms with Crippen molar-refractivity contribution < 1.29 is 8.42 Å². The third kappa shape index (κ3) is 1.67. The zero-order chi connectivity index (χ0) is 12.6. The predicted molar refractivity (Wildman–Crippen MR) is 69.1 cm³/mol. The summed E-state index contributed by atoms with van der Waals surface area (Å²) in [6, 6.07) is 12.1. The highest BCUT2D eigenvalue weighted by molar-refractivity contribution is 7.91. The highest BCUT2D eigenvalue weighted by atomic mass is 32.2. The molecule has 1 unspecified atom stereocenters. The van der Waals surface area contributed by atoms with Crippen LogP contribution in [0.25, 0.3) is 0 Å². The minimum absolute atomic E-state index is 0.355. The molecule has 1 aromatic heterocycles. The lowest BCUT2D eigenvalue weighted by Gasteiger charge is -2.11. The van der Waals surface area contributed by atoms with Gasteiger partial charge in [-0.2, -0.15) is 0 Å². The van der Waals surface area contributed by atoms with E-state index in [4.69, 9.17) is 0 Å². The Balaban J connectivity index is 2.08. The molecule has 0 saturated carbocycles. The van der Waals surface area contributed by atoms with Crippen molar-refractivity contribution in [2.75, 3.05) is 11.9 Å². The maximum atomic E-state index is 12.5. The monoisotopic (exact) mass is 260 g/mol. The molecule has 0 amide bonds. The van der Waals surface area contributed by atoms with E-state index < -0.39 is 15.1 Å². The Morgan fingerprint density at radius 2 is 1.89 bits per heavy atom. The fourth-order valence-electron chi connectivity index (χ4n) is 2.18. The summed E-state index contributed by atoms with van der Waals surface area (Å²) < 4.78 is 25.1. The lowest BCUT2D eigenvalue weighted by Crippen LogP contribution is -2.15. The molecular weight excluding hydrogens is 248 g/mol. The molecule has 0 spiro atoms. The van der Waals surface area contributed by atoms with Crippen molar-refractivity contribution in [3.8, 4) is 0 Å². The number of anilines is 1. The van der Waals surface area contributed by atoms with Crippen molar-refractivity contribution >= 4 is 15.7 Å². The maximum absolute atomic E-state index is 12.5. The fraction of sp³-hybridized carbons (Fsp3) is 0.154. The lowest BCUT2D eigenvalue weighted by molar-refractivity contribution is 0.586. The number of nitrogens with one attached hydrogen (secondary N) is 1. The molecule has 5 heteroatoms. The van der Waals surface area contributed by atoms with Crippen LogP contribution < -0.4 is 5.32 Å². The molecule has 92 valence electrons. The van der Waals surface area contributed by atoms with Crippen molar-refractivity contribution in [3.63, 3.8) is 0 Å². The van der Waals surface area contributed by atoms with Gasteiger partial charge in [0.05, 0.1) is 4.90 Å². The van der Waals surface area contributed by atoms with Gasteiger partial charge in [-0.3, -0.25) is 0 Å². The van der Waals surface area contributed by atoms with Gasteiger partial charge in [-0.15, -0.1) is 0 Å². The molecule has 18 heavy (non-hydrogen) atoms. The summed E-state index contributed by atoms with van der Waals surface area (Å²) in [7, 11) is -3.35. The van der Waals surface area contributed by atoms with Crippen LogP contribution in [0.3, 0.4) is 0 Å². The second kappa shape index (κ2) is 4.10. The molecule has 4 nitrogen and oxygen atoms in total. The Morgan fingerprint density at radius 3 is 2.67 bits per heavy atom. The van der Waals surface area contributed by atoms with Gasteiger partial charge in [0.2, 0.25) is 0 Å². The molecule has 1 N–H and O–H groups in total. The highest BCUT2D eigenvalue weighted by Crippen LogP contribution is 2.36. The van der Waals surface area contributed by atoms with Crippen LogP contribution in [-0.2, 0) is 9.84 Å². The molecule has 3 rings (SSSR count). The summed E-state index contributed by atoms with van der Waals surface area (Å²) in [5.41, 5.74) is 0.751. The first-order valence-electron chi connectivity index (χ1n) is 5.67. The van der Waals surface area contributed by atoms with Crippen LogP contribution in [0.1, 0.15) is 10.8 Å². The first kappa shape index (κ1) is 11.2. The minimum Gasteiger partial charge on any atom is -0.368 e. The van der Waals surface area contributed by atoms with Gasteiger partial charge in [0.25, 0.3) is 0 Å². The number of nitrogens with zero attached hydrogens (tertiary/aromatic N) is 1. The third-order valence-electron chi connectivity index (χ3n) is 3.09. The van der Waals surface area contributed by atoms with Gasteiger partial charge in [0.15, 0.2) is 9.84 Å². The normalized spacial score (nSPS) is 18.1. The smallest absolute Gasteiger partial charge is 0.187 e.